The summed E-state index contributed by atoms with van der Waals surface area (Å²) in [5.74, 6) is -3.06. The van der Waals surface area contributed by atoms with Crippen LogP contribution in [0.25, 0.3) is 0 Å². The van der Waals surface area contributed by atoms with Gasteiger partial charge in [0, 0.05) is 6.92 Å². The second kappa shape index (κ2) is 7.84. The molecule has 1 aliphatic carbocycles. The van der Waals surface area contributed by atoms with Crippen molar-refractivity contribution >= 4 is 35.0 Å². The van der Waals surface area contributed by atoms with Crippen molar-refractivity contribution < 1.29 is 29.1 Å². The maximum absolute atomic E-state index is 11.2. The third-order valence-electron chi connectivity index (χ3n) is 2.83. The third kappa shape index (κ3) is 5.16. The number of oxime groups is 1. The van der Waals surface area contributed by atoms with Gasteiger partial charge in [0.1, 0.15) is 12.2 Å². The fraction of sp³-hybridized carbons (Fsp3) is 0.667. The summed E-state index contributed by atoms with van der Waals surface area (Å²) >= 11 is 5.28. The van der Waals surface area contributed by atoms with E-state index in [-0.39, 0.29) is 18.2 Å². The van der Waals surface area contributed by atoms with Gasteiger partial charge in [0.2, 0.25) is 11.5 Å². The van der Waals surface area contributed by atoms with Crippen molar-refractivity contribution in [3.63, 3.8) is 0 Å². The molecule has 0 atom stereocenters. The third-order valence-corrected chi connectivity index (χ3v) is 3.08. The number of ether oxygens (including phenoxy) is 1. The van der Waals surface area contributed by atoms with Crippen LogP contribution in [-0.4, -0.2) is 46.6 Å². The minimum Gasteiger partial charge on any atom is -0.476 e. The first-order valence-corrected chi connectivity index (χ1v) is 6.71. The van der Waals surface area contributed by atoms with Gasteiger partial charge in [-0.25, -0.2) is 4.79 Å². The summed E-state index contributed by atoms with van der Waals surface area (Å²) in [5.41, 5.74) is -0.706. The van der Waals surface area contributed by atoms with Gasteiger partial charge in [-0.05, 0) is 25.7 Å². The van der Waals surface area contributed by atoms with Crippen molar-refractivity contribution in [1.29, 1.82) is 0 Å². The molecule has 1 aliphatic rings. The SMILES string of the molecule is CC(=O)OC1CCC(ON=C(C(=O)O)C(=O)CCl)CC1. The molecule has 0 saturated heterocycles. The molecule has 1 rings (SSSR count). The van der Waals surface area contributed by atoms with Crippen LogP contribution in [0.15, 0.2) is 5.16 Å². The Morgan fingerprint density at radius 1 is 1.20 bits per heavy atom. The minimum absolute atomic E-state index is 0.139. The van der Waals surface area contributed by atoms with Crippen LogP contribution in [0.2, 0.25) is 0 Å². The second-order valence-electron chi connectivity index (χ2n) is 4.42. The van der Waals surface area contributed by atoms with Gasteiger partial charge in [-0.1, -0.05) is 5.16 Å². The Balaban J connectivity index is 2.48. The lowest BCUT2D eigenvalue weighted by atomic mass is 9.95. The highest BCUT2D eigenvalue weighted by Crippen LogP contribution is 2.23. The fourth-order valence-electron chi connectivity index (χ4n) is 1.89. The number of ketones is 1. The number of carbonyl (C=O) groups excluding carboxylic acids is 2. The summed E-state index contributed by atoms with van der Waals surface area (Å²) < 4.78 is 5.06. The highest BCUT2D eigenvalue weighted by atomic mass is 35.5. The lowest BCUT2D eigenvalue weighted by Crippen LogP contribution is -2.29. The average molecular weight is 306 g/mol. The van der Waals surface area contributed by atoms with E-state index < -0.39 is 23.3 Å². The number of halogens is 1. The molecule has 0 radical (unpaired) electrons. The van der Waals surface area contributed by atoms with Crippen LogP contribution in [0.4, 0.5) is 0 Å². The number of carboxylic acids is 1. The number of nitrogens with zero attached hydrogens (tertiary/aromatic N) is 1. The Kier molecular flexibility index (Phi) is 6.44. The molecule has 1 N–H and O–H groups in total. The predicted octanol–water partition coefficient (Wildman–Crippen LogP) is 1.13. The lowest BCUT2D eigenvalue weighted by molar-refractivity contribution is -0.149. The molecule has 7 nitrogen and oxygen atoms in total. The van der Waals surface area contributed by atoms with E-state index in [1.807, 2.05) is 0 Å². The zero-order chi connectivity index (χ0) is 15.1. The summed E-state index contributed by atoms with van der Waals surface area (Å²) in [5, 5.41) is 12.2. The molecule has 0 aromatic rings. The Morgan fingerprint density at radius 2 is 1.75 bits per heavy atom. The van der Waals surface area contributed by atoms with Crippen molar-refractivity contribution in [2.75, 3.05) is 5.88 Å². The molecular formula is C12H16ClNO6. The molecule has 1 saturated carbocycles. The highest BCUT2D eigenvalue weighted by Gasteiger charge is 2.26. The van der Waals surface area contributed by atoms with Gasteiger partial charge < -0.3 is 14.7 Å². The zero-order valence-corrected chi connectivity index (χ0v) is 11.8. The van der Waals surface area contributed by atoms with E-state index in [0.29, 0.717) is 25.7 Å². The number of Topliss-reactive ketones (excluding diaryl/α,β-unsaturated/α-hetero) is 1. The normalized spacial score (nSPS) is 23.0. The second-order valence-corrected chi connectivity index (χ2v) is 4.68. The Labute approximate surface area is 120 Å². The van der Waals surface area contributed by atoms with Crippen molar-refractivity contribution in [3.8, 4) is 0 Å². The molecule has 1 fully saturated rings. The fourth-order valence-corrected chi connectivity index (χ4v) is 2.02. The molecule has 0 aliphatic heterocycles. The van der Waals surface area contributed by atoms with Gasteiger partial charge >= 0.3 is 11.9 Å². The minimum atomic E-state index is -1.47. The van der Waals surface area contributed by atoms with Crippen molar-refractivity contribution in [1.82, 2.24) is 0 Å². The van der Waals surface area contributed by atoms with E-state index in [9.17, 15) is 14.4 Å². The molecular weight excluding hydrogens is 290 g/mol. The molecule has 8 heteroatoms. The van der Waals surface area contributed by atoms with Crippen LogP contribution >= 0.6 is 11.6 Å². The van der Waals surface area contributed by atoms with Crippen LogP contribution in [-0.2, 0) is 24.0 Å². The van der Waals surface area contributed by atoms with Gasteiger partial charge in [-0.2, -0.15) is 0 Å². The largest absolute Gasteiger partial charge is 0.476 e. The Hall–Kier alpha value is -1.63. The van der Waals surface area contributed by atoms with Gasteiger partial charge in [0.15, 0.2) is 0 Å². The maximum atomic E-state index is 11.2. The topological polar surface area (TPSA) is 102 Å². The van der Waals surface area contributed by atoms with E-state index in [4.69, 9.17) is 26.3 Å². The molecule has 0 bridgehead atoms. The van der Waals surface area contributed by atoms with Crippen molar-refractivity contribution in [3.05, 3.63) is 0 Å². The van der Waals surface area contributed by atoms with E-state index in [0.717, 1.165) is 0 Å². The first kappa shape index (κ1) is 16.4. The molecule has 0 aromatic carbocycles. The first-order valence-electron chi connectivity index (χ1n) is 6.17. The Morgan fingerprint density at radius 3 is 2.20 bits per heavy atom. The van der Waals surface area contributed by atoms with Crippen molar-refractivity contribution in [2.24, 2.45) is 5.16 Å². The number of hydrogen-bond acceptors (Lipinski definition) is 6. The molecule has 0 spiro atoms. The van der Waals surface area contributed by atoms with E-state index in [1.54, 1.807) is 0 Å². The van der Waals surface area contributed by atoms with Crippen LogP contribution in [0.3, 0.4) is 0 Å². The van der Waals surface area contributed by atoms with Crippen LogP contribution in [0.5, 0.6) is 0 Å². The Bertz CT molecular complexity index is 414. The molecule has 0 unspecified atom stereocenters. The number of esters is 1. The molecule has 20 heavy (non-hydrogen) atoms. The van der Waals surface area contributed by atoms with Gasteiger partial charge in [0.05, 0.1) is 5.88 Å². The monoisotopic (exact) mass is 305 g/mol. The number of hydrogen-bond donors (Lipinski definition) is 1. The number of carboxylic acid groups (broad SMARTS) is 1. The molecule has 0 heterocycles. The number of aliphatic carboxylic acids is 1. The smallest absolute Gasteiger partial charge is 0.361 e. The summed E-state index contributed by atoms with van der Waals surface area (Å²) in [4.78, 5) is 37.9. The summed E-state index contributed by atoms with van der Waals surface area (Å²) in [6.45, 7) is 1.35. The predicted molar refractivity (Wildman–Crippen MR) is 69.7 cm³/mol. The van der Waals surface area contributed by atoms with Crippen molar-refractivity contribution in [2.45, 2.75) is 44.8 Å². The summed E-state index contributed by atoms with van der Waals surface area (Å²) in [7, 11) is 0. The number of alkyl halides is 1. The maximum Gasteiger partial charge on any atom is 0.361 e. The number of carbonyl (C=O) groups is 3. The molecule has 0 aromatic heterocycles. The number of rotatable bonds is 6. The summed E-state index contributed by atoms with van der Waals surface area (Å²) in [6, 6.07) is 0. The van der Waals surface area contributed by atoms with Gasteiger partial charge in [-0.3, -0.25) is 9.59 Å². The van der Waals surface area contributed by atoms with Crippen LogP contribution in [0, 0.1) is 0 Å². The highest BCUT2D eigenvalue weighted by molar-refractivity contribution is 6.67. The van der Waals surface area contributed by atoms with Gasteiger partial charge in [-0.15, -0.1) is 11.6 Å². The van der Waals surface area contributed by atoms with E-state index in [2.05, 4.69) is 5.16 Å². The first-order chi connectivity index (χ1) is 9.43. The van der Waals surface area contributed by atoms with Crippen LogP contribution in [0.1, 0.15) is 32.6 Å². The average Bonchev–Trinajstić information content (AvgIpc) is 2.39. The molecule has 0 amide bonds. The molecule has 112 valence electrons. The van der Waals surface area contributed by atoms with E-state index >= 15 is 0 Å². The van der Waals surface area contributed by atoms with Gasteiger partial charge in [0.25, 0.3) is 0 Å². The van der Waals surface area contributed by atoms with E-state index in [1.165, 1.54) is 6.92 Å². The zero-order valence-electron chi connectivity index (χ0n) is 11.0. The quantitative estimate of drug-likeness (QED) is 0.259. The van der Waals surface area contributed by atoms with Crippen LogP contribution < -0.4 is 0 Å². The standard InChI is InChI=1S/C12H16ClNO6/c1-7(15)19-8-2-4-9(5-3-8)20-14-11(12(17)18)10(16)6-13/h8-9H,2-6H2,1H3,(H,17,18). The summed E-state index contributed by atoms with van der Waals surface area (Å²) in [6.07, 6.45) is 1.95. The lowest BCUT2D eigenvalue weighted by Gasteiger charge is -2.26.